The number of sulfonamides is 1. The zero-order valence-electron chi connectivity index (χ0n) is 13.0. The Morgan fingerprint density at radius 2 is 1.87 bits per heavy atom. The molecule has 0 aliphatic rings. The average Bonchev–Trinajstić information content (AvgIpc) is 2.79. The Hall–Kier alpha value is -2.55. The fourth-order valence-corrected chi connectivity index (χ4v) is 3.79. The molecule has 1 aromatic heterocycles. The maximum Gasteiger partial charge on any atom is 0.339 e. The number of anilines is 1. The Kier molecular flexibility index (Phi) is 4.08. The van der Waals surface area contributed by atoms with E-state index in [1.807, 2.05) is 0 Å². The first-order valence-electron chi connectivity index (χ1n) is 6.56. The lowest BCUT2D eigenvalue weighted by atomic mass is 10.1. The molecule has 1 heterocycles. The molecule has 0 bridgehead atoms. The maximum absolute atomic E-state index is 12.8. The van der Waals surface area contributed by atoms with Crippen molar-refractivity contribution >= 4 is 21.7 Å². The molecule has 0 amide bonds. The van der Waals surface area contributed by atoms with Crippen molar-refractivity contribution in [2.24, 2.45) is 0 Å². The van der Waals surface area contributed by atoms with Crippen LogP contribution in [0.4, 0.5) is 5.69 Å². The number of aromatic hydroxyl groups is 1. The number of aryl methyl sites for hydroxylation is 3. The van der Waals surface area contributed by atoms with Gasteiger partial charge in [-0.15, -0.1) is 0 Å². The zero-order valence-corrected chi connectivity index (χ0v) is 13.8. The summed E-state index contributed by atoms with van der Waals surface area (Å²) >= 11 is 0. The first-order valence-corrected chi connectivity index (χ1v) is 8.00. The Bertz CT molecular complexity index is 865. The van der Waals surface area contributed by atoms with E-state index >= 15 is 0 Å². The number of aromatic carboxylic acids is 1. The summed E-state index contributed by atoms with van der Waals surface area (Å²) in [5.41, 5.74) is 0.517. The van der Waals surface area contributed by atoms with Crippen molar-refractivity contribution in [2.75, 3.05) is 11.4 Å². The molecule has 9 heteroatoms. The van der Waals surface area contributed by atoms with Crippen molar-refractivity contribution in [3.8, 4) is 5.75 Å². The van der Waals surface area contributed by atoms with Crippen molar-refractivity contribution in [3.05, 3.63) is 34.7 Å². The molecule has 0 saturated carbocycles. The monoisotopic (exact) mass is 340 g/mol. The molecule has 2 N–H and O–H groups in total. The summed E-state index contributed by atoms with van der Waals surface area (Å²) in [6.45, 7) is 4.68. The number of hydrogen-bond donors (Lipinski definition) is 2. The lowest BCUT2D eigenvalue weighted by molar-refractivity contribution is 0.0693. The molecular formula is C14H16N2O6S. The van der Waals surface area contributed by atoms with E-state index in [1.54, 1.807) is 20.8 Å². The van der Waals surface area contributed by atoms with E-state index in [-0.39, 0.29) is 5.69 Å². The van der Waals surface area contributed by atoms with E-state index in [2.05, 4.69) is 5.16 Å². The Balaban J connectivity index is 2.68. The average molecular weight is 340 g/mol. The van der Waals surface area contributed by atoms with Crippen LogP contribution in [-0.2, 0) is 10.0 Å². The molecule has 0 fully saturated rings. The molecule has 8 nitrogen and oxygen atoms in total. The normalized spacial score (nSPS) is 11.5. The molecule has 1 aromatic carbocycles. The van der Waals surface area contributed by atoms with Crippen molar-refractivity contribution in [2.45, 2.75) is 25.7 Å². The lowest BCUT2D eigenvalue weighted by Crippen LogP contribution is -2.28. The topological polar surface area (TPSA) is 121 Å². The number of benzene rings is 1. The molecule has 0 saturated heterocycles. The highest BCUT2D eigenvalue weighted by Crippen LogP contribution is 2.34. The number of carbonyl (C=O) groups is 1. The molecule has 0 spiro atoms. The Morgan fingerprint density at radius 3 is 2.35 bits per heavy atom. The Labute approximate surface area is 133 Å². The van der Waals surface area contributed by atoms with Gasteiger partial charge in [0.25, 0.3) is 10.0 Å². The van der Waals surface area contributed by atoms with Gasteiger partial charge in [-0.25, -0.2) is 13.2 Å². The molecule has 0 radical (unpaired) electrons. The van der Waals surface area contributed by atoms with Gasteiger partial charge >= 0.3 is 5.97 Å². The van der Waals surface area contributed by atoms with E-state index in [0.717, 1.165) is 4.31 Å². The molecule has 124 valence electrons. The van der Waals surface area contributed by atoms with Gasteiger partial charge in [0.2, 0.25) is 0 Å². The molecular weight excluding hydrogens is 324 g/mol. The van der Waals surface area contributed by atoms with Gasteiger partial charge < -0.3 is 14.7 Å². The van der Waals surface area contributed by atoms with Crippen LogP contribution >= 0.6 is 0 Å². The zero-order chi connectivity index (χ0) is 17.5. The van der Waals surface area contributed by atoms with E-state index in [1.165, 1.54) is 19.2 Å². The maximum atomic E-state index is 12.8. The van der Waals surface area contributed by atoms with E-state index < -0.39 is 32.2 Å². The first-order chi connectivity index (χ1) is 10.6. The number of carboxylic acids is 1. The highest BCUT2D eigenvalue weighted by molar-refractivity contribution is 7.93. The van der Waals surface area contributed by atoms with Gasteiger partial charge in [-0.1, -0.05) is 5.16 Å². The molecule has 0 unspecified atom stereocenters. The molecule has 0 atom stereocenters. The summed E-state index contributed by atoms with van der Waals surface area (Å²) < 4.78 is 31.4. The highest BCUT2D eigenvalue weighted by atomic mass is 32.2. The minimum absolute atomic E-state index is 0.239. The van der Waals surface area contributed by atoms with Gasteiger partial charge in [-0.05, 0) is 38.5 Å². The molecule has 23 heavy (non-hydrogen) atoms. The van der Waals surface area contributed by atoms with Gasteiger partial charge in [0.1, 0.15) is 21.8 Å². The van der Waals surface area contributed by atoms with Crippen LogP contribution in [-0.4, -0.2) is 36.8 Å². The summed E-state index contributed by atoms with van der Waals surface area (Å²) in [4.78, 5) is 10.7. The first kappa shape index (κ1) is 16.8. The summed E-state index contributed by atoms with van der Waals surface area (Å²) in [6, 6.07) is 2.42. The quantitative estimate of drug-likeness (QED) is 0.870. The van der Waals surface area contributed by atoms with Crippen LogP contribution in [0.1, 0.15) is 27.4 Å². The van der Waals surface area contributed by atoms with Crippen LogP contribution in [0.15, 0.2) is 21.6 Å². The third kappa shape index (κ3) is 2.74. The van der Waals surface area contributed by atoms with Crippen LogP contribution in [0.5, 0.6) is 5.75 Å². The molecule has 2 aromatic rings. The number of nitrogens with zero attached hydrogens (tertiary/aromatic N) is 2. The molecule has 0 aliphatic heterocycles. The van der Waals surface area contributed by atoms with Crippen molar-refractivity contribution in [1.29, 1.82) is 0 Å². The lowest BCUT2D eigenvalue weighted by Gasteiger charge is -2.20. The summed E-state index contributed by atoms with van der Waals surface area (Å²) in [5.74, 6) is -1.93. The SMILES string of the molecule is Cc1cc(C(=O)O)c(O)c(S(=O)(=O)N(C)c2c(C)noc2C)c1. The van der Waals surface area contributed by atoms with E-state index in [9.17, 15) is 18.3 Å². The minimum Gasteiger partial charge on any atom is -0.506 e. The number of carboxylic acid groups (broad SMARTS) is 1. The van der Waals surface area contributed by atoms with Crippen LogP contribution < -0.4 is 4.31 Å². The minimum atomic E-state index is -4.20. The van der Waals surface area contributed by atoms with Gasteiger partial charge in [0.05, 0.1) is 0 Å². The largest absolute Gasteiger partial charge is 0.506 e. The molecule has 0 aliphatic carbocycles. The fraction of sp³-hybridized carbons (Fsp3) is 0.286. The van der Waals surface area contributed by atoms with Crippen molar-refractivity contribution in [1.82, 2.24) is 5.16 Å². The third-order valence-electron chi connectivity index (χ3n) is 3.40. The van der Waals surface area contributed by atoms with Crippen LogP contribution in [0.25, 0.3) is 0 Å². The Morgan fingerprint density at radius 1 is 1.26 bits per heavy atom. The van der Waals surface area contributed by atoms with Crippen molar-refractivity contribution < 1.29 is 27.9 Å². The predicted octanol–water partition coefficient (Wildman–Crippen LogP) is 1.83. The van der Waals surface area contributed by atoms with Crippen LogP contribution in [0.3, 0.4) is 0 Å². The standard InChI is InChI=1S/C14H16N2O6S/c1-7-5-10(14(18)19)13(17)11(6-7)23(20,21)16(4)12-8(2)15-22-9(12)3/h5-6,17H,1-4H3,(H,18,19). The van der Waals surface area contributed by atoms with Gasteiger partial charge in [-0.2, -0.15) is 0 Å². The summed E-state index contributed by atoms with van der Waals surface area (Å²) in [6.07, 6.45) is 0. The summed E-state index contributed by atoms with van der Waals surface area (Å²) in [5, 5.41) is 22.9. The fourth-order valence-electron chi connectivity index (χ4n) is 2.30. The predicted molar refractivity (Wildman–Crippen MR) is 81.4 cm³/mol. The number of rotatable bonds is 4. The van der Waals surface area contributed by atoms with Gasteiger partial charge in [0, 0.05) is 7.05 Å². The van der Waals surface area contributed by atoms with Gasteiger partial charge in [0.15, 0.2) is 11.5 Å². The second-order valence-corrected chi connectivity index (χ2v) is 7.05. The number of phenols is 1. The smallest absolute Gasteiger partial charge is 0.339 e. The number of aromatic nitrogens is 1. The van der Waals surface area contributed by atoms with Crippen molar-refractivity contribution in [3.63, 3.8) is 0 Å². The second kappa shape index (κ2) is 5.58. The van der Waals surface area contributed by atoms with E-state index in [0.29, 0.717) is 17.0 Å². The highest BCUT2D eigenvalue weighted by Gasteiger charge is 2.31. The summed E-state index contributed by atoms with van der Waals surface area (Å²) in [7, 11) is -2.91. The van der Waals surface area contributed by atoms with Crippen LogP contribution in [0, 0.1) is 20.8 Å². The van der Waals surface area contributed by atoms with Gasteiger partial charge in [-0.3, -0.25) is 4.31 Å². The van der Waals surface area contributed by atoms with Crippen LogP contribution in [0.2, 0.25) is 0 Å². The second-order valence-electron chi connectivity index (χ2n) is 5.11. The molecule has 2 rings (SSSR count). The third-order valence-corrected chi connectivity index (χ3v) is 5.17. The van der Waals surface area contributed by atoms with E-state index in [4.69, 9.17) is 9.63 Å². The number of hydrogen-bond acceptors (Lipinski definition) is 6.